The summed E-state index contributed by atoms with van der Waals surface area (Å²) < 4.78 is 1.00. The van der Waals surface area contributed by atoms with E-state index in [0.717, 1.165) is 22.4 Å². The van der Waals surface area contributed by atoms with Crippen LogP contribution in [-0.2, 0) is 4.79 Å². The Morgan fingerprint density at radius 3 is 2.80 bits per heavy atom. The third-order valence-electron chi connectivity index (χ3n) is 3.63. The maximum absolute atomic E-state index is 12.2. The van der Waals surface area contributed by atoms with Crippen molar-refractivity contribution in [2.45, 2.75) is 20.3 Å². The molecule has 1 amide bonds. The van der Waals surface area contributed by atoms with Crippen molar-refractivity contribution in [1.29, 1.82) is 0 Å². The molecule has 0 radical (unpaired) electrons. The molecule has 0 aromatic heterocycles. The maximum atomic E-state index is 12.2. The fourth-order valence-corrected chi connectivity index (χ4v) is 2.92. The van der Waals surface area contributed by atoms with Gasteiger partial charge < -0.3 is 14.9 Å². The van der Waals surface area contributed by atoms with Crippen LogP contribution in [0.3, 0.4) is 0 Å². The van der Waals surface area contributed by atoms with E-state index in [1.165, 1.54) is 0 Å². The van der Waals surface area contributed by atoms with Crippen molar-refractivity contribution in [3.63, 3.8) is 0 Å². The second-order valence-electron chi connectivity index (χ2n) is 5.25. The highest BCUT2D eigenvalue weighted by Gasteiger charge is 2.25. The molecule has 1 N–H and O–H groups in total. The maximum Gasteiger partial charge on any atom is 0.228 e. The number of fused-ring (bicyclic) bond motifs is 1. The molecule has 0 fully saturated rings. The van der Waals surface area contributed by atoms with Gasteiger partial charge in [0, 0.05) is 37.1 Å². The zero-order chi connectivity index (χ0) is 14.7. The second kappa shape index (κ2) is 6.59. The number of nitrogens with zero attached hydrogens (tertiary/aromatic N) is 2. The number of halogens is 1. The van der Waals surface area contributed by atoms with E-state index >= 15 is 0 Å². The van der Waals surface area contributed by atoms with Gasteiger partial charge in [-0.05, 0) is 31.0 Å². The normalized spacial score (nSPS) is 16.9. The summed E-state index contributed by atoms with van der Waals surface area (Å²) in [6.07, 6.45) is 0.512. The number of aliphatic hydroxyl groups excluding tert-OH is 1. The highest BCUT2D eigenvalue weighted by molar-refractivity contribution is 9.10. The molecular weight excluding hydrogens is 320 g/mol. The molecule has 0 saturated carbocycles. The Hall–Kier alpha value is -1.07. The fraction of sp³-hybridized carbons (Fsp3) is 0.533. The quantitative estimate of drug-likeness (QED) is 0.916. The van der Waals surface area contributed by atoms with Crippen LogP contribution >= 0.6 is 15.9 Å². The van der Waals surface area contributed by atoms with E-state index in [-0.39, 0.29) is 18.4 Å². The summed E-state index contributed by atoms with van der Waals surface area (Å²) in [7, 11) is 0. The number of benzene rings is 1. The third kappa shape index (κ3) is 3.15. The lowest BCUT2D eigenvalue weighted by Crippen LogP contribution is -2.31. The molecular formula is C15H21BrN2O2. The summed E-state index contributed by atoms with van der Waals surface area (Å²) in [6, 6.07) is 6.01. The predicted octanol–water partition coefficient (Wildman–Crippen LogP) is 2.64. The molecule has 0 bridgehead atoms. The van der Waals surface area contributed by atoms with Crippen molar-refractivity contribution in [2.75, 3.05) is 36.0 Å². The number of rotatable bonds is 4. The van der Waals surface area contributed by atoms with Gasteiger partial charge in [0.1, 0.15) is 0 Å². The van der Waals surface area contributed by atoms with Crippen molar-refractivity contribution in [3.8, 4) is 0 Å². The molecule has 20 heavy (non-hydrogen) atoms. The van der Waals surface area contributed by atoms with Crippen LogP contribution in [0, 0.1) is 5.92 Å². The van der Waals surface area contributed by atoms with Crippen LogP contribution in [0.5, 0.6) is 0 Å². The molecule has 2 rings (SSSR count). The first-order valence-electron chi connectivity index (χ1n) is 7.02. The smallest absolute Gasteiger partial charge is 0.228 e. The summed E-state index contributed by atoms with van der Waals surface area (Å²) in [6.45, 7) is 6.30. The lowest BCUT2D eigenvalue weighted by molar-refractivity contribution is -0.118. The minimum Gasteiger partial charge on any atom is -0.396 e. The van der Waals surface area contributed by atoms with E-state index in [9.17, 15) is 9.90 Å². The molecule has 1 aliphatic rings. The molecule has 110 valence electrons. The molecule has 1 aliphatic heterocycles. The Bertz CT molecular complexity index is 493. The average Bonchev–Trinajstić information content (AvgIpc) is 2.56. The number of carbonyl (C=O) groups is 1. The Kier molecular flexibility index (Phi) is 5.05. The van der Waals surface area contributed by atoms with E-state index in [1.54, 1.807) is 0 Å². The van der Waals surface area contributed by atoms with Crippen LogP contribution in [0.4, 0.5) is 11.4 Å². The highest BCUT2D eigenvalue weighted by atomic mass is 79.9. The number of hydrogen-bond donors (Lipinski definition) is 1. The van der Waals surface area contributed by atoms with Gasteiger partial charge in [0.25, 0.3) is 0 Å². The van der Waals surface area contributed by atoms with Gasteiger partial charge in [-0.2, -0.15) is 0 Å². The summed E-state index contributed by atoms with van der Waals surface area (Å²) in [5.74, 6) is 0.348. The molecule has 4 nitrogen and oxygen atoms in total. The molecule has 5 heteroatoms. The van der Waals surface area contributed by atoms with Crippen LogP contribution in [0.2, 0.25) is 0 Å². The number of hydrogen-bond acceptors (Lipinski definition) is 3. The number of anilines is 2. The average molecular weight is 341 g/mol. The largest absolute Gasteiger partial charge is 0.396 e. The van der Waals surface area contributed by atoms with Crippen molar-refractivity contribution in [1.82, 2.24) is 0 Å². The molecule has 1 aromatic carbocycles. The fourth-order valence-electron chi connectivity index (χ4n) is 2.57. The van der Waals surface area contributed by atoms with Crippen molar-refractivity contribution in [2.24, 2.45) is 5.92 Å². The lowest BCUT2D eigenvalue weighted by atomic mass is 10.1. The van der Waals surface area contributed by atoms with Gasteiger partial charge in [0.05, 0.1) is 11.4 Å². The topological polar surface area (TPSA) is 43.8 Å². The Balaban J connectivity index is 2.42. The van der Waals surface area contributed by atoms with E-state index < -0.39 is 0 Å². The van der Waals surface area contributed by atoms with Crippen LogP contribution in [-0.4, -0.2) is 37.3 Å². The number of amides is 1. The number of carbonyl (C=O) groups excluding carboxylic acids is 1. The van der Waals surface area contributed by atoms with Crippen LogP contribution < -0.4 is 9.80 Å². The molecule has 0 saturated heterocycles. The van der Waals surface area contributed by atoms with E-state index in [2.05, 4.69) is 26.9 Å². The first-order chi connectivity index (χ1) is 9.56. The van der Waals surface area contributed by atoms with Gasteiger partial charge in [0.15, 0.2) is 0 Å². The minimum atomic E-state index is 0.158. The summed E-state index contributed by atoms with van der Waals surface area (Å²) >= 11 is 3.50. The van der Waals surface area contributed by atoms with Gasteiger partial charge in [-0.3, -0.25) is 4.79 Å². The predicted molar refractivity (Wildman–Crippen MR) is 85.2 cm³/mol. The molecule has 0 spiro atoms. The Morgan fingerprint density at radius 2 is 2.15 bits per heavy atom. The molecule has 1 atom stereocenters. The van der Waals surface area contributed by atoms with Crippen LogP contribution in [0.15, 0.2) is 22.7 Å². The standard InChI is InChI=1S/C15H21BrN2O2/c1-3-18-13-5-4-12(16)8-14(13)17(7-6-15(18)20)9-11(2)10-19/h4-5,8,11,19H,3,6-7,9-10H2,1-2H3/t11-/m0/s1. The first-order valence-corrected chi connectivity index (χ1v) is 7.81. The highest BCUT2D eigenvalue weighted by Crippen LogP contribution is 2.35. The van der Waals surface area contributed by atoms with Crippen LogP contribution in [0.1, 0.15) is 20.3 Å². The molecule has 1 heterocycles. The summed E-state index contributed by atoms with van der Waals surface area (Å²) in [5, 5.41) is 9.28. The van der Waals surface area contributed by atoms with Crippen LogP contribution in [0.25, 0.3) is 0 Å². The Labute approximate surface area is 128 Å². The van der Waals surface area contributed by atoms with Crippen molar-refractivity contribution < 1.29 is 9.90 Å². The van der Waals surface area contributed by atoms with E-state index in [1.807, 2.05) is 30.9 Å². The van der Waals surface area contributed by atoms with E-state index in [4.69, 9.17) is 0 Å². The molecule has 1 aromatic rings. The van der Waals surface area contributed by atoms with Gasteiger partial charge in [-0.1, -0.05) is 22.9 Å². The van der Waals surface area contributed by atoms with Gasteiger partial charge in [-0.25, -0.2) is 0 Å². The summed E-state index contributed by atoms with van der Waals surface area (Å²) in [5.41, 5.74) is 2.02. The monoisotopic (exact) mass is 340 g/mol. The summed E-state index contributed by atoms with van der Waals surface area (Å²) in [4.78, 5) is 16.3. The number of aliphatic hydroxyl groups is 1. The lowest BCUT2D eigenvalue weighted by Gasteiger charge is -2.28. The molecule has 0 unspecified atom stereocenters. The van der Waals surface area contributed by atoms with Gasteiger partial charge in [0.2, 0.25) is 5.91 Å². The molecule has 0 aliphatic carbocycles. The van der Waals surface area contributed by atoms with E-state index in [0.29, 0.717) is 19.5 Å². The first kappa shape index (κ1) is 15.3. The zero-order valence-corrected chi connectivity index (χ0v) is 13.6. The van der Waals surface area contributed by atoms with Gasteiger partial charge in [-0.15, -0.1) is 0 Å². The Morgan fingerprint density at radius 1 is 1.40 bits per heavy atom. The SMILES string of the molecule is CCN1C(=O)CCN(C[C@H](C)CO)c2cc(Br)ccc21. The van der Waals surface area contributed by atoms with Crippen molar-refractivity contribution in [3.05, 3.63) is 22.7 Å². The zero-order valence-electron chi connectivity index (χ0n) is 12.0. The second-order valence-corrected chi connectivity index (χ2v) is 6.17. The third-order valence-corrected chi connectivity index (χ3v) is 4.12. The van der Waals surface area contributed by atoms with Crippen molar-refractivity contribution >= 4 is 33.2 Å². The minimum absolute atomic E-state index is 0.158. The van der Waals surface area contributed by atoms with Gasteiger partial charge >= 0.3 is 0 Å².